The highest BCUT2D eigenvalue weighted by Gasteiger charge is 2.06. The van der Waals surface area contributed by atoms with Crippen molar-refractivity contribution in [3.05, 3.63) is 57.8 Å². The van der Waals surface area contributed by atoms with E-state index in [4.69, 9.17) is 10.5 Å². The van der Waals surface area contributed by atoms with E-state index < -0.39 is 5.82 Å². The average Bonchev–Trinajstić information content (AvgIpc) is 2.39. The van der Waals surface area contributed by atoms with Crippen molar-refractivity contribution in [3.8, 4) is 12.1 Å². The van der Waals surface area contributed by atoms with Crippen LogP contribution < -0.4 is 5.32 Å². The molecule has 0 amide bonds. The molecule has 0 bridgehead atoms. The molecule has 5 heteroatoms. The molecular formula is C14H7BrFN3. The van der Waals surface area contributed by atoms with E-state index in [0.717, 1.165) is 4.47 Å². The van der Waals surface area contributed by atoms with Gasteiger partial charge in [-0.25, -0.2) is 4.39 Å². The molecule has 0 aliphatic rings. The zero-order valence-electron chi connectivity index (χ0n) is 9.61. The highest BCUT2D eigenvalue weighted by atomic mass is 79.9. The van der Waals surface area contributed by atoms with Gasteiger partial charge in [0.15, 0.2) is 0 Å². The normalized spacial score (nSPS) is 9.47. The van der Waals surface area contributed by atoms with Gasteiger partial charge in [-0.3, -0.25) is 0 Å². The first kappa shape index (κ1) is 13.1. The second-order valence-electron chi connectivity index (χ2n) is 3.73. The van der Waals surface area contributed by atoms with Crippen molar-refractivity contribution in [1.29, 1.82) is 10.5 Å². The maximum absolute atomic E-state index is 13.5. The number of hydrogen-bond acceptors (Lipinski definition) is 3. The number of anilines is 2. The highest BCUT2D eigenvalue weighted by Crippen LogP contribution is 2.25. The fourth-order valence-electron chi connectivity index (χ4n) is 1.56. The van der Waals surface area contributed by atoms with Gasteiger partial charge >= 0.3 is 0 Å². The molecule has 92 valence electrons. The van der Waals surface area contributed by atoms with E-state index in [1.54, 1.807) is 30.3 Å². The molecule has 0 aliphatic carbocycles. The summed E-state index contributed by atoms with van der Waals surface area (Å²) in [4.78, 5) is 0. The summed E-state index contributed by atoms with van der Waals surface area (Å²) in [6, 6.07) is 13.1. The van der Waals surface area contributed by atoms with E-state index >= 15 is 0 Å². The van der Waals surface area contributed by atoms with Crippen LogP contribution in [0.1, 0.15) is 11.1 Å². The van der Waals surface area contributed by atoms with Gasteiger partial charge in [0, 0.05) is 10.2 Å². The zero-order valence-corrected chi connectivity index (χ0v) is 11.2. The lowest BCUT2D eigenvalue weighted by Crippen LogP contribution is -1.95. The van der Waals surface area contributed by atoms with Crippen LogP contribution in [0.15, 0.2) is 40.9 Å². The molecule has 3 nitrogen and oxygen atoms in total. The van der Waals surface area contributed by atoms with Gasteiger partial charge in [0.25, 0.3) is 0 Å². The smallest absolute Gasteiger partial charge is 0.143 e. The lowest BCUT2D eigenvalue weighted by Gasteiger charge is -2.09. The van der Waals surface area contributed by atoms with Gasteiger partial charge in [0.2, 0.25) is 0 Å². The monoisotopic (exact) mass is 315 g/mol. The summed E-state index contributed by atoms with van der Waals surface area (Å²) in [5.74, 6) is -0.596. The molecule has 0 fully saturated rings. The highest BCUT2D eigenvalue weighted by molar-refractivity contribution is 9.10. The summed E-state index contributed by atoms with van der Waals surface area (Å²) in [5.41, 5.74) is 1.49. The molecule has 0 unspecified atom stereocenters. The maximum atomic E-state index is 13.5. The number of nitrogens with one attached hydrogen (secondary N) is 1. The second-order valence-corrected chi connectivity index (χ2v) is 4.65. The van der Waals surface area contributed by atoms with E-state index in [0.29, 0.717) is 16.9 Å². The summed E-state index contributed by atoms with van der Waals surface area (Å²) in [6.07, 6.45) is 0. The van der Waals surface area contributed by atoms with Crippen molar-refractivity contribution in [2.45, 2.75) is 0 Å². The minimum absolute atomic E-state index is 0.0136. The lowest BCUT2D eigenvalue weighted by atomic mass is 10.1. The number of nitrogens with zero attached hydrogens (tertiary/aromatic N) is 2. The third kappa shape index (κ3) is 2.90. The third-order valence-corrected chi connectivity index (χ3v) is 2.96. The fourth-order valence-corrected chi connectivity index (χ4v) is 1.92. The van der Waals surface area contributed by atoms with Gasteiger partial charge in [0.1, 0.15) is 18.0 Å². The first-order valence-corrected chi connectivity index (χ1v) is 6.09. The summed E-state index contributed by atoms with van der Waals surface area (Å²) < 4.78 is 14.3. The second kappa shape index (κ2) is 5.51. The Balaban J connectivity index is 2.37. The number of hydrogen-bond donors (Lipinski definition) is 1. The van der Waals surface area contributed by atoms with E-state index in [1.807, 2.05) is 0 Å². The Morgan fingerprint density at radius 2 is 1.68 bits per heavy atom. The molecule has 0 saturated heterocycles. The van der Waals surface area contributed by atoms with Gasteiger partial charge in [-0.05, 0) is 36.4 Å². The molecule has 19 heavy (non-hydrogen) atoms. The van der Waals surface area contributed by atoms with Crippen molar-refractivity contribution in [2.75, 3.05) is 5.32 Å². The van der Waals surface area contributed by atoms with Crippen molar-refractivity contribution < 1.29 is 4.39 Å². The average molecular weight is 316 g/mol. The van der Waals surface area contributed by atoms with Crippen LogP contribution in [0.3, 0.4) is 0 Å². The largest absolute Gasteiger partial charge is 0.354 e. The van der Waals surface area contributed by atoms with Crippen LogP contribution in [0.4, 0.5) is 15.8 Å². The standard InChI is InChI=1S/C14H7BrFN3/c15-11-3-1-10(8-18)14(5-11)19-12-4-2-9(7-17)13(16)6-12/h1-6,19H. The van der Waals surface area contributed by atoms with E-state index in [1.165, 1.54) is 12.1 Å². The molecule has 0 spiro atoms. The quantitative estimate of drug-likeness (QED) is 0.908. The van der Waals surface area contributed by atoms with E-state index in [2.05, 4.69) is 27.3 Å². The summed E-state index contributed by atoms with van der Waals surface area (Å²) in [6.45, 7) is 0. The molecule has 0 aliphatic heterocycles. The predicted molar refractivity (Wildman–Crippen MR) is 73.3 cm³/mol. The minimum atomic E-state index is -0.596. The van der Waals surface area contributed by atoms with Crippen LogP contribution in [-0.4, -0.2) is 0 Å². The number of nitriles is 2. The van der Waals surface area contributed by atoms with Crippen LogP contribution in [0, 0.1) is 28.5 Å². The van der Waals surface area contributed by atoms with Crippen molar-refractivity contribution in [3.63, 3.8) is 0 Å². The Hall–Kier alpha value is -2.37. The Morgan fingerprint density at radius 1 is 1.00 bits per heavy atom. The molecule has 0 aromatic heterocycles. The third-order valence-electron chi connectivity index (χ3n) is 2.47. The molecule has 0 atom stereocenters. The summed E-state index contributed by atoms with van der Waals surface area (Å²) in [7, 11) is 0. The lowest BCUT2D eigenvalue weighted by molar-refractivity contribution is 0.624. The Kier molecular flexibility index (Phi) is 3.79. The van der Waals surface area contributed by atoms with Crippen molar-refractivity contribution >= 4 is 27.3 Å². The predicted octanol–water partition coefficient (Wildman–Crippen LogP) is 4.08. The number of benzene rings is 2. The molecule has 2 aromatic rings. The van der Waals surface area contributed by atoms with E-state index in [9.17, 15) is 4.39 Å². The SMILES string of the molecule is N#Cc1ccc(Nc2cc(Br)ccc2C#N)cc1F. The Labute approximate surface area is 118 Å². The fraction of sp³-hybridized carbons (Fsp3) is 0. The topological polar surface area (TPSA) is 59.6 Å². The number of rotatable bonds is 2. The Bertz CT molecular complexity index is 714. The van der Waals surface area contributed by atoms with Crippen LogP contribution in [0.2, 0.25) is 0 Å². The molecule has 0 saturated carbocycles. The molecule has 1 N–H and O–H groups in total. The molecule has 2 aromatic carbocycles. The van der Waals surface area contributed by atoms with Crippen LogP contribution in [0.25, 0.3) is 0 Å². The molecule has 2 rings (SSSR count). The number of halogens is 2. The zero-order chi connectivity index (χ0) is 13.8. The molecule has 0 heterocycles. The first-order chi connectivity index (χ1) is 9.13. The van der Waals surface area contributed by atoms with Gasteiger partial charge in [-0.1, -0.05) is 15.9 Å². The van der Waals surface area contributed by atoms with Crippen molar-refractivity contribution in [1.82, 2.24) is 0 Å². The minimum Gasteiger partial charge on any atom is -0.354 e. The van der Waals surface area contributed by atoms with Gasteiger partial charge < -0.3 is 5.32 Å². The van der Waals surface area contributed by atoms with Crippen molar-refractivity contribution in [2.24, 2.45) is 0 Å². The summed E-state index contributed by atoms with van der Waals surface area (Å²) in [5, 5.41) is 20.6. The molecule has 0 radical (unpaired) electrons. The van der Waals surface area contributed by atoms with Gasteiger partial charge in [0.05, 0.1) is 16.8 Å². The molecular weight excluding hydrogens is 309 g/mol. The van der Waals surface area contributed by atoms with Crippen LogP contribution >= 0.6 is 15.9 Å². The first-order valence-electron chi connectivity index (χ1n) is 5.30. The van der Waals surface area contributed by atoms with Gasteiger partial charge in [-0.2, -0.15) is 10.5 Å². The van der Waals surface area contributed by atoms with Gasteiger partial charge in [-0.15, -0.1) is 0 Å². The van der Waals surface area contributed by atoms with Crippen LogP contribution in [-0.2, 0) is 0 Å². The maximum Gasteiger partial charge on any atom is 0.143 e. The van der Waals surface area contributed by atoms with Crippen LogP contribution in [0.5, 0.6) is 0 Å². The Morgan fingerprint density at radius 3 is 2.32 bits per heavy atom. The summed E-state index contributed by atoms with van der Waals surface area (Å²) >= 11 is 3.31. The van der Waals surface area contributed by atoms with E-state index in [-0.39, 0.29) is 5.56 Å².